The number of allylic oxidation sites excluding steroid dienone is 1. The third-order valence-corrected chi connectivity index (χ3v) is 6.98. The zero-order valence-corrected chi connectivity index (χ0v) is 12.7. The van der Waals surface area contributed by atoms with Crippen LogP contribution in [0.15, 0.2) is 11.6 Å². The van der Waals surface area contributed by atoms with Crippen LogP contribution in [0.1, 0.15) is 51.9 Å². The van der Waals surface area contributed by atoms with Gasteiger partial charge in [-0.2, -0.15) is 0 Å². The molecule has 0 saturated heterocycles. The average Bonchev–Trinajstić information content (AvgIpc) is 2.74. The van der Waals surface area contributed by atoms with Crippen molar-refractivity contribution in [3.8, 4) is 0 Å². The fourth-order valence-corrected chi connectivity index (χ4v) is 6.03. The minimum absolute atomic E-state index is 0.255. The molecule has 4 aliphatic rings. The molecule has 0 radical (unpaired) electrons. The van der Waals surface area contributed by atoms with Crippen molar-refractivity contribution >= 4 is 11.6 Å². The summed E-state index contributed by atoms with van der Waals surface area (Å²) in [6.45, 7) is 2.09. The van der Waals surface area contributed by atoms with Gasteiger partial charge in [0, 0.05) is 18.3 Å². The van der Waals surface area contributed by atoms with Gasteiger partial charge in [0.25, 0.3) is 0 Å². The van der Waals surface area contributed by atoms with Crippen molar-refractivity contribution in [2.24, 2.45) is 29.1 Å². The second-order valence-corrected chi connectivity index (χ2v) is 7.87. The Morgan fingerprint density at radius 2 is 1.95 bits per heavy atom. The number of aliphatic hydroxyl groups excluding tert-OH is 1. The van der Waals surface area contributed by atoms with Crippen molar-refractivity contribution in [1.82, 2.24) is 0 Å². The lowest BCUT2D eigenvalue weighted by atomic mass is 9.51. The number of rotatable bonds is 0. The van der Waals surface area contributed by atoms with E-state index in [1.54, 1.807) is 0 Å². The molecule has 0 amide bonds. The second kappa shape index (κ2) is 4.52. The molecule has 4 rings (SSSR count). The van der Waals surface area contributed by atoms with Gasteiger partial charge in [-0.1, -0.05) is 12.5 Å². The minimum atomic E-state index is -0.375. The van der Waals surface area contributed by atoms with E-state index in [0.717, 1.165) is 25.7 Å². The Kier molecular flexibility index (Phi) is 2.94. The summed E-state index contributed by atoms with van der Waals surface area (Å²) < 4.78 is 0. The molecular weight excluding hydrogens is 264 g/mol. The average molecular weight is 288 g/mol. The van der Waals surface area contributed by atoms with Crippen LogP contribution >= 0.6 is 0 Å². The maximum atomic E-state index is 12.3. The summed E-state index contributed by atoms with van der Waals surface area (Å²) in [5.41, 5.74) is 0.992. The molecule has 0 aromatic rings. The van der Waals surface area contributed by atoms with Gasteiger partial charge in [0.15, 0.2) is 5.78 Å². The summed E-state index contributed by atoms with van der Waals surface area (Å²) in [6.07, 6.45) is 7.39. The van der Waals surface area contributed by atoms with E-state index in [1.165, 1.54) is 5.57 Å². The second-order valence-electron chi connectivity index (χ2n) is 7.87. The smallest absolute Gasteiger partial charge is 0.155 e. The molecule has 3 saturated carbocycles. The first-order valence-corrected chi connectivity index (χ1v) is 8.45. The molecule has 6 atom stereocenters. The molecule has 114 valence electrons. The first-order valence-electron chi connectivity index (χ1n) is 8.45. The van der Waals surface area contributed by atoms with Gasteiger partial charge in [-0.15, -0.1) is 0 Å². The normalized spacial score (nSPS) is 49.2. The summed E-state index contributed by atoms with van der Waals surface area (Å²) in [5.74, 6) is 2.22. The van der Waals surface area contributed by atoms with Gasteiger partial charge < -0.3 is 5.11 Å². The highest BCUT2D eigenvalue weighted by atomic mass is 16.3. The molecule has 0 unspecified atom stereocenters. The summed E-state index contributed by atoms with van der Waals surface area (Å²) in [7, 11) is 0. The number of carbonyl (C=O) groups is 2. The molecule has 0 spiro atoms. The summed E-state index contributed by atoms with van der Waals surface area (Å²) >= 11 is 0. The number of fused-ring (bicyclic) bond motifs is 5. The predicted octanol–water partition coefficient (Wildman–Crippen LogP) is 2.67. The van der Waals surface area contributed by atoms with E-state index in [2.05, 4.69) is 6.92 Å². The first-order chi connectivity index (χ1) is 10.0. The maximum Gasteiger partial charge on any atom is 0.155 e. The Hall–Kier alpha value is -0.960. The summed E-state index contributed by atoms with van der Waals surface area (Å²) in [4.78, 5) is 24.0. The van der Waals surface area contributed by atoms with Crippen molar-refractivity contribution in [3.05, 3.63) is 11.6 Å². The van der Waals surface area contributed by atoms with E-state index in [1.807, 2.05) is 6.08 Å². The lowest BCUT2D eigenvalue weighted by Crippen LogP contribution is -2.53. The molecule has 0 heterocycles. The van der Waals surface area contributed by atoms with Crippen molar-refractivity contribution in [1.29, 1.82) is 0 Å². The van der Waals surface area contributed by atoms with Gasteiger partial charge in [-0.3, -0.25) is 9.59 Å². The number of ketones is 2. The van der Waals surface area contributed by atoms with Gasteiger partial charge >= 0.3 is 0 Å². The highest BCUT2D eigenvalue weighted by Crippen LogP contribution is 2.60. The molecule has 0 bridgehead atoms. The van der Waals surface area contributed by atoms with Gasteiger partial charge in [-0.25, -0.2) is 0 Å². The monoisotopic (exact) mass is 288 g/mol. The predicted molar refractivity (Wildman–Crippen MR) is 78.5 cm³/mol. The highest BCUT2D eigenvalue weighted by molar-refractivity contribution is 5.91. The van der Waals surface area contributed by atoms with E-state index in [9.17, 15) is 14.7 Å². The third-order valence-electron chi connectivity index (χ3n) is 6.98. The van der Waals surface area contributed by atoms with Crippen LogP contribution in [-0.4, -0.2) is 22.8 Å². The van der Waals surface area contributed by atoms with Crippen LogP contribution in [0.4, 0.5) is 0 Å². The lowest BCUT2D eigenvalue weighted by Gasteiger charge is -2.54. The van der Waals surface area contributed by atoms with E-state index in [0.29, 0.717) is 42.8 Å². The Balaban J connectivity index is 1.70. The van der Waals surface area contributed by atoms with Crippen molar-refractivity contribution in [2.45, 2.75) is 58.0 Å². The Bertz CT molecular complexity index is 535. The van der Waals surface area contributed by atoms with Gasteiger partial charge in [0.05, 0.1) is 6.10 Å². The van der Waals surface area contributed by atoms with Crippen molar-refractivity contribution in [2.75, 3.05) is 0 Å². The molecule has 3 fully saturated rings. The highest BCUT2D eigenvalue weighted by Gasteiger charge is 2.59. The molecule has 21 heavy (non-hydrogen) atoms. The molecule has 3 nitrogen and oxygen atoms in total. The zero-order valence-electron chi connectivity index (χ0n) is 12.7. The van der Waals surface area contributed by atoms with Crippen molar-refractivity contribution in [3.63, 3.8) is 0 Å². The lowest BCUT2D eigenvalue weighted by molar-refractivity contribution is -0.140. The number of aliphatic hydroxyl groups is 1. The summed E-state index contributed by atoms with van der Waals surface area (Å²) in [6, 6.07) is 0. The maximum absolute atomic E-state index is 12.3. The SMILES string of the molecule is C[C@]12C[C@H](O)[C@H]3[C@@H](CCC4=CC(=O)CC[C@@H]43)[C@@H]1CCC2=O. The standard InChI is InChI=1S/C18H24O3/c1-18-9-15(20)17-12-5-3-11(19)8-10(12)2-4-13(17)14(18)6-7-16(18)21/h8,12-15,17,20H,2-7,9H2,1H3/t12-,13-,14-,15-,17+,18-/m0/s1. The Labute approximate surface area is 125 Å². The van der Waals surface area contributed by atoms with Crippen LogP contribution < -0.4 is 0 Å². The number of carbonyl (C=O) groups excluding carboxylic acids is 2. The fraction of sp³-hybridized carbons (Fsp3) is 0.778. The number of Topliss-reactive ketones (excluding diaryl/α,β-unsaturated/α-hetero) is 1. The minimum Gasteiger partial charge on any atom is -0.393 e. The van der Waals surface area contributed by atoms with E-state index in [-0.39, 0.29) is 23.2 Å². The van der Waals surface area contributed by atoms with Gasteiger partial charge in [-0.05, 0) is 61.9 Å². The molecular formula is C18H24O3. The Morgan fingerprint density at radius 3 is 2.76 bits per heavy atom. The first kappa shape index (κ1) is 13.7. The largest absolute Gasteiger partial charge is 0.393 e. The van der Waals surface area contributed by atoms with E-state index < -0.39 is 0 Å². The topological polar surface area (TPSA) is 54.4 Å². The van der Waals surface area contributed by atoms with Crippen LogP contribution in [0, 0.1) is 29.1 Å². The molecule has 0 aromatic heterocycles. The number of hydrogen-bond donors (Lipinski definition) is 1. The molecule has 0 aromatic carbocycles. The van der Waals surface area contributed by atoms with E-state index >= 15 is 0 Å². The molecule has 0 aliphatic heterocycles. The van der Waals surface area contributed by atoms with Gasteiger partial charge in [0.2, 0.25) is 0 Å². The van der Waals surface area contributed by atoms with Crippen LogP contribution in [0.2, 0.25) is 0 Å². The van der Waals surface area contributed by atoms with Crippen LogP contribution in [0.3, 0.4) is 0 Å². The molecule has 1 N–H and O–H groups in total. The molecule has 4 aliphatic carbocycles. The fourth-order valence-electron chi connectivity index (χ4n) is 6.03. The zero-order chi connectivity index (χ0) is 14.8. The van der Waals surface area contributed by atoms with E-state index in [4.69, 9.17) is 0 Å². The third kappa shape index (κ3) is 1.82. The van der Waals surface area contributed by atoms with Crippen LogP contribution in [0.25, 0.3) is 0 Å². The Morgan fingerprint density at radius 1 is 1.14 bits per heavy atom. The quantitative estimate of drug-likeness (QED) is 0.745. The summed E-state index contributed by atoms with van der Waals surface area (Å²) in [5, 5.41) is 10.8. The van der Waals surface area contributed by atoms with Crippen molar-refractivity contribution < 1.29 is 14.7 Å². The molecule has 3 heteroatoms. The number of hydrogen-bond acceptors (Lipinski definition) is 3. The van der Waals surface area contributed by atoms with Crippen LogP contribution in [0.5, 0.6) is 0 Å². The van der Waals surface area contributed by atoms with Gasteiger partial charge in [0.1, 0.15) is 5.78 Å². The van der Waals surface area contributed by atoms with Crippen LogP contribution in [-0.2, 0) is 9.59 Å².